The third-order valence-corrected chi connectivity index (χ3v) is 11.0. The van der Waals surface area contributed by atoms with Crippen molar-refractivity contribution in [3.8, 4) is 5.69 Å². The lowest BCUT2D eigenvalue weighted by atomic mass is 9.80. The van der Waals surface area contributed by atoms with E-state index in [1.165, 1.54) is 62.5 Å². The molecular weight excluding hydrogens is 631 g/mol. The number of sulfone groups is 1. The van der Waals surface area contributed by atoms with Crippen LogP contribution < -0.4 is 0 Å². The second-order valence-electron chi connectivity index (χ2n) is 14.4. The maximum absolute atomic E-state index is 13.4. The maximum Gasteiger partial charge on any atom is 0.306 e. The minimum absolute atomic E-state index is 0.149. The molecule has 7 nitrogen and oxygen atoms in total. The molecule has 3 aromatic carbocycles. The number of nitrogens with zero attached hydrogens (tertiary/aromatic N) is 3. The summed E-state index contributed by atoms with van der Waals surface area (Å²) in [6.45, 7) is 11.6. The van der Waals surface area contributed by atoms with Crippen LogP contribution in [0.4, 0.5) is 0 Å². The molecule has 1 heterocycles. The van der Waals surface area contributed by atoms with E-state index < -0.39 is 9.84 Å². The van der Waals surface area contributed by atoms with E-state index >= 15 is 0 Å². The first-order valence-corrected chi connectivity index (χ1v) is 20.0. The van der Waals surface area contributed by atoms with E-state index in [4.69, 9.17) is 14.9 Å². The van der Waals surface area contributed by atoms with E-state index in [1.807, 2.05) is 0 Å². The van der Waals surface area contributed by atoms with Crippen molar-refractivity contribution < 1.29 is 17.9 Å². The van der Waals surface area contributed by atoms with Crippen molar-refractivity contribution in [1.82, 2.24) is 15.0 Å². The molecule has 4 aromatic rings. The predicted molar refractivity (Wildman–Crippen MR) is 199 cm³/mol. The van der Waals surface area contributed by atoms with Gasteiger partial charge in [-0.2, -0.15) is 4.80 Å². The number of ether oxygens (including phenoxy) is 1. The van der Waals surface area contributed by atoms with E-state index in [9.17, 15) is 13.2 Å². The summed E-state index contributed by atoms with van der Waals surface area (Å²) in [5.41, 5.74) is 5.35. The van der Waals surface area contributed by atoms with Crippen molar-refractivity contribution in [1.29, 1.82) is 0 Å². The molecule has 49 heavy (non-hydrogen) atoms. The summed E-state index contributed by atoms with van der Waals surface area (Å²) in [5.74, 6) is -0.168. The Bertz CT molecular complexity index is 1740. The van der Waals surface area contributed by atoms with Crippen LogP contribution in [0.3, 0.4) is 0 Å². The highest BCUT2D eigenvalue weighted by Crippen LogP contribution is 2.34. The number of aryl methyl sites for hydroxylation is 1. The van der Waals surface area contributed by atoms with Gasteiger partial charge in [-0.15, -0.1) is 10.2 Å². The third-order valence-electron chi connectivity index (χ3n) is 9.18. The number of carbonyl (C=O) groups excluding carboxylic acids is 1. The van der Waals surface area contributed by atoms with Gasteiger partial charge in [-0.25, -0.2) is 8.42 Å². The molecule has 266 valence electrons. The third kappa shape index (κ3) is 11.0. The Balaban J connectivity index is 1.63. The second-order valence-corrected chi connectivity index (χ2v) is 16.3. The summed E-state index contributed by atoms with van der Waals surface area (Å²) in [7, 11) is -3.70. The van der Waals surface area contributed by atoms with Crippen LogP contribution in [0.25, 0.3) is 16.7 Å². The monoisotopic (exact) mass is 687 g/mol. The number of hydrogen-bond donors (Lipinski definition) is 0. The summed E-state index contributed by atoms with van der Waals surface area (Å²) in [4.78, 5) is 14.8. The number of aromatic nitrogens is 3. The molecule has 0 amide bonds. The molecule has 1 aromatic heterocycles. The molecule has 0 aliphatic heterocycles. The van der Waals surface area contributed by atoms with E-state index in [1.54, 1.807) is 53.3 Å². The Labute approximate surface area is 294 Å². The van der Waals surface area contributed by atoms with Gasteiger partial charge in [0, 0.05) is 6.42 Å². The molecule has 0 N–H and O–H groups in total. The Kier molecular flexibility index (Phi) is 14.4. The van der Waals surface area contributed by atoms with Gasteiger partial charge < -0.3 is 4.74 Å². The Morgan fingerprint density at radius 2 is 1.35 bits per heavy atom. The fourth-order valence-electron chi connectivity index (χ4n) is 6.34. The van der Waals surface area contributed by atoms with Crippen molar-refractivity contribution >= 4 is 26.8 Å². The van der Waals surface area contributed by atoms with E-state index in [2.05, 4.69) is 46.8 Å². The molecule has 0 radical (unpaired) electrons. The van der Waals surface area contributed by atoms with Crippen molar-refractivity contribution in [3.63, 3.8) is 0 Å². The lowest BCUT2D eigenvalue weighted by molar-refractivity contribution is -0.143. The van der Waals surface area contributed by atoms with Gasteiger partial charge >= 0.3 is 5.97 Å². The molecule has 0 atom stereocenters. The van der Waals surface area contributed by atoms with Gasteiger partial charge in [0.1, 0.15) is 11.0 Å². The maximum atomic E-state index is 13.4. The van der Waals surface area contributed by atoms with Crippen molar-refractivity contribution in [2.24, 2.45) is 0 Å². The fraction of sp³-hybridized carbons (Fsp3) is 0.537. The van der Waals surface area contributed by atoms with Gasteiger partial charge in [0.15, 0.2) is 0 Å². The molecule has 8 heteroatoms. The van der Waals surface area contributed by atoms with Gasteiger partial charge in [-0.05, 0) is 84.2 Å². The van der Waals surface area contributed by atoms with Gasteiger partial charge in [-0.3, -0.25) is 4.79 Å². The van der Waals surface area contributed by atoms with Crippen LogP contribution in [0.2, 0.25) is 0 Å². The zero-order chi connectivity index (χ0) is 35.3. The molecule has 0 unspecified atom stereocenters. The van der Waals surface area contributed by atoms with Crippen LogP contribution in [0.15, 0.2) is 70.5 Å². The topological polar surface area (TPSA) is 91.2 Å². The van der Waals surface area contributed by atoms with Gasteiger partial charge in [0.2, 0.25) is 9.84 Å². The second kappa shape index (κ2) is 18.5. The number of carbonyl (C=O) groups is 1. The average molecular weight is 688 g/mol. The van der Waals surface area contributed by atoms with Crippen LogP contribution in [0, 0.1) is 0 Å². The standard InChI is InChI=1S/C41H57N3O4S/c1-6-8-10-12-14-19-23-35-36(41(3,4)5)29-32(24-27-40(45)48-28-20-15-13-11-9-7-2)30-39(35)44-42-37-26-25-34(31-38(37)43-44)49(46,47)33-21-17-16-18-22-33/h16-18,21-22,25-26,29-31H,6-15,19-20,23-24,27-28H2,1-5H3. The fourth-order valence-corrected chi connectivity index (χ4v) is 7.65. The first-order valence-electron chi connectivity index (χ1n) is 18.5. The Hall–Kier alpha value is -3.52. The minimum Gasteiger partial charge on any atom is -0.466 e. The Morgan fingerprint density at radius 1 is 0.714 bits per heavy atom. The number of benzene rings is 3. The van der Waals surface area contributed by atoms with Gasteiger partial charge in [0.05, 0.1) is 22.1 Å². The van der Waals surface area contributed by atoms with Crippen LogP contribution in [0.5, 0.6) is 0 Å². The molecule has 0 spiro atoms. The van der Waals surface area contributed by atoms with Gasteiger partial charge in [0.25, 0.3) is 0 Å². The molecule has 0 aliphatic carbocycles. The minimum atomic E-state index is -3.70. The van der Waals surface area contributed by atoms with Crippen LogP contribution in [-0.4, -0.2) is 36.0 Å². The molecule has 0 bridgehead atoms. The quantitative estimate of drug-likeness (QED) is 0.0678. The summed E-state index contributed by atoms with van der Waals surface area (Å²) < 4.78 is 32.4. The lowest BCUT2D eigenvalue weighted by Crippen LogP contribution is -2.18. The molecule has 0 saturated heterocycles. The largest absolute Gasteiger partial charge is 0.466 e. The molecule has 0 aliphatic rings. The van der Waals surface area contributed by atoms with Crippen LogP contribution in [0.1, 0.15) is 135 Å². The van der Waals surface area contributed by atoms with Crippen molar-refractivity contribution in [3.05, 3.63) is 77.4 Å². The molecule has 4 rings (SSSR count). The number of rotatable bonds is 20. The van der Waals surface area contributed by atoms with Gasteiger partial charge in [-0.1, -0.05) is 123 Å². The molecule has 0 fully saturated rings. The SMILES string of the molecule is CCCCCCCCOC(=O)CCc1cc(-n2nc3ccc(S(=O)(=O)c4ccccc4)cc3n2)c(CCCCCCCC)c(C(C)(C)C)c1. The zero-order valence-electron chi connectivity index (χ0n) is 30.5. The number of fused-ring (bicyclic) bond motifs is 1. The normalized spacial score (nSPS) is 12.1. The highest BCUT2D eigenvalue weighted by Gasteiger charge is 2.24. The highest BCUT2D eigenvalue weighted by atomic mass is 32.2. The summed E-state index contributed by atoms with van der Waals surface area (Å²) in [5, 5.41) is 9.73. The first kappa shape index (κ1) is 38.3. The first-order chi connectivity index (χ1) is 23.5. The Morgan fingerprint density at radius 3 is 2.02 bits per heavy atom. The van der Waals surface area contributed by atoms with E-state index in [0.29, 0.717) is 30.5 Å². The zero-order valence-corrected chi connectivity index (χ0v) is 31.3. The van der Waals surface area contributed by atoms with E-state index in [-0.39, 0.29) is 21.2 Å². The summed E-state index contributed by atoms with van der Waals surface area (Å²) in [6, 6.07) is 17.8. The van der Waals surface area contributed by atoms with Crippen molar-refractivity contribution in [2.45, 2.75) is 146 Å². The number of esters is 1. The summed E-state index contributed by atoms with van der Waals surface area (Å²) in [6.07, 6.45) is 15.9. The highest BCUT2D eigenvalue weighted by molar-refractivity contribution is 7.91. The smallest absolute Gasteiger partial charge is 0.306 e. The number of hydrogen-bond acceptors (Lipinski definition) is 6. The van der Waals surface area contributed by atoms with Crippen molar-refractivity contribution in [2.75, 3.05) is 6.61 Å². The number of unbranched alkanes of at least 4 members (excludes halogenated alkanes) is 10. The molecule has 0 saturated carbocycles. The predicted octanol–water partition coefficient (Wildman–Crippen LogP) is 10.3. The van der Waals surface area contributed by atoms with Crippen LogP contribution in [-0.2, 0) is 37.6 Å². The summed E-state index contributed by atoms with van der Waals surface area (Å²) >= 11 is 0. The lowest BCUT2D eigenvalue weighted by Gasteiger charge is -2.26. The molecular formula is C41H57N3O4S. The van der Waals surface area contributed by atoms with E-state index in [0.717, 1.165) is 43.4 Å². The van der Waals surface area contributed by atoms with Crippen LogP contribution >= 0.6 is 0 Å². The average Bonchev–Trinajstić information content (AvgIpc) is 3.52.